The average molecular weight is 393 g/mol. The first-order chi connectivity index (χ1) is 13.2. The number of urea groups is 1. The number of alkyl halides is 3. The van der Waals surface area contributed by atoms with Crippen molar-refractivity contribution >= 4 is 17.6 Å². The van der Waals surface area contributed by atoms with Gasteiger partial charge in [-0.1, -0.05) is 24.3 Å². The van der Waals surface area contributed by atoms with E-state index in [-0.39, 0.29) is 11.3 Å². The van der Waals surface area contributed by atoms with Gasteiger partial charge in [-0.05, 0) is 36.8 Å². The minimum atomic E-state index is -4.65. The van der Waals surface area contributed by atoms with Gasteiger partial charge in [0, 0.05) is 5.70 Å². The highest BCUT2D eigenvalue weighted by Crippen LogP contribution is 2.35. The fraction of sp³-hybridized carbons (Fsp3) is 0.158. The maximum atomic E-state index is 13.2. The summed E-state index contributed by atoms with van der Waals surface area (Å²) in [5.41, 5.74) is -0.795. The zero-order chi connectivity index (χ0) is 20.5. The fourth-order valence-corrected chi connectivity index (χ4v) is 2.93. The summed E-state index contributed by atoms with van der Waals surface area (Å²) in [6.45, 7) is 1.46. The third-order valence-electron chi connectivity index (χ3n) is 4.20. The largest absolute Gasteiger partial charge is 0.418 e. The van der Waals surface area contributed by atoms with Crippen molar-refractivity contribution in [3.8, 4) is 0 Å². The van der Waals surface area contributed by atoms with Crippen LogP contribution in [-0.4, -0.2) is 11.9 Å². The SMILES string of the molecule is CC1=C(C(=O)Nc2ccccc2C(F)(F)F)[C@@H](c2ccc(F)cc2)NC(=O)N1. The number of halogens is 4. The summed E-state index contributed by atoms with van der Waals surface area (Å²) in [6.07, 6.45) is -4.65. The van der Waals surface area contributed by atoms with E-state index in [9.17, 15) is 27.2 Å². The number of allylic oxidation sites excluding steroid dienone is 1. The molecule has 1 aliphatic rings. The quantitative estimate of drug-likeness (QED) is 0.687. The van der Waals surface area contributed by atoms with Crippen LogP contribution >= 0.6 is 0 Å². The summed E-state index contributed by atoms with van der Waals surface area (Å²) in [4.78, 5) is 24.6. The van der Waals surface area contributed by atoms with Crippen molar-refractivity contribution in [1.82, 2.24) is 10.6 Å². The summed E-state index contributed by atoms with van der Waals surface area (Å²) >= 11 is 0. The normalized spacial score (nSPS) is 17.0. The van der Waals surface area contributed by atoms with Gasteiger partial charge in [0.1, 0.15) is 5.82 Å². The average Bonchev–Trinajstić information content (AvgIpc) is 2.61. The van der Waals surface area contributed by atoms with Crippen molar-refractivity contribution < 1.29 is 27.2 Å². The second-order valence-corrected chi connectivity index (χ2v) is 6.12. The Balaban J connectivity index is 1.98. The smallest absolute Gasteiger partial charge is 0.327 e. The van der Waals surface area contributed by atoms with Crippen molar-refractivity contribution in [2.24, 2.45) is 0 Å². The van der Waals surface area contributed by atoms with Crippen LogP contribution in [0.5, 0.6) is 0 Å². The lowest BCUT2D eigenvalue weighted by molar-refractivity contribution is -0.137. The minimum Gasteiger partial charge on any atom is -0.327 e. The molecule has 0 unspecified atom stereocenters. The van der Waals surface area contributed by atoms with E-state index in [2.05, 4.69) is 16.0 Å². The van der Waals surface area contributed by atoms with Crippen LogP contribution in [0.25, 0.3) is 0 Å². The van der Waals surface area contributed by atoms with Crippen molar-refractivity contribution in [2.75, 3.05) is 5.32 Å². The fourth-order valence-electron chi connectivity index (χ4n) is 2.93. The molecule has 3 rings (SSSR count). The number of hydrogen-bond donors (Lipinski definition) is 3. The van der Waals surface area contributed by atoms with Gasteiger partial charge in [-0.3, -0.25) is 4.79 Å². The molecule has 0 saturated heterocycles. The Kier molecular flexibility index (Phi) is 5.08. The lowest BCUT2D eigenvalue weighted by Crippen LogP contribution is -2.46. The monoisotopic (exact) mass is 393 g/mol. The molecule has 3 amide bonds. The maximum Gasteiger partial charge on any atom is 0.418 e. The number of amides is 3. The molecule has 1 heterocycles. The molecule has 28 heavy (non-hydrogen) atoms. The van der Waals surface area contributed by atoms with Gasteiger partial charge in [0.25, 0.3) is 5.91 Å². The van der Waals surface area contributed by atoms with Crippen molar-refractivity contribution in [1.29, 1.82) is 0 Å². The first kappa shape index (κ1) is 19.4. The van der Waals surface area contributed by atoms with Crippen LogP contribution in [0.3, 0.4) is 0 Å². The molecule has 2 aromatic rings. The number of carbonyl (C=O) groups is 2. The molecule has 0 radical (unpaired) electrons. The van der Waals surface area contributed by atoms with Crippen LogP contribution in [0, 0.1) is 5.82 Å². The highest BCUT2D eigenvalue weighted by atomic mass is 19.4. The van der Waals surface area contributed by atoms with Crippen LogP contribution in [0.1, 0.15) is 24.1 Å². The molecule has 0 aromatic heterocycles. The molecule has 2 aromatic carbocycles. The van der Waals surface area contributed by atoms with E-state index < -0.39 is 41.2 Å². The van der Waals surface area contributed by atoms with Gasteiger partial charge in [0.2, 0.25) is 0 Å². The van der Waals surface area contributed by atoms with E-state index in [0.717, 1.165) is 24.3 Å². The predicted octanol–water partition coefficient (Wildman–Crippen LogP) is 4.11. The van der Waals surface area contributed by atoms with Gasteiger partial charge in [-0.25, -0.2) is 9.18 Å². The molecular weight excluding hydrogens is 378 g/mol. The molecular formula is C19H15F4N3O2. The number of rotatable bonds is 3. The second-order valence-electron chi connectivity index (χ2n) is 6.12. The van der Waals surface area contributed by atoms with Crippen molar-refractivity contribution in [2.45, 2.75) is 19.1 Å². The molecule has 1 atom stereocenters. The highest BCUT2D eigenvalue weighted by Gasteiger charge is 2.35. The molecule has 146 valence electrons. The molecule has 0 saturated carbocycles. The predicted molar refractivity (Wildman–Crippen MR) is 93.6 cm³/mol. The van der Waals surface area contributed by atoms with Crippen LogP contribution in [0.15, 0.2) is 59.8 Å². The Labute approximate surface area is 157 Å². The summed E-state index contributed by atoms with van der Waals surface area (Å²) < 4.78 is 52.7. The Bertz CT molecular complexity index is 952. The van der Waals surface area contributed by atoms with E-state index in [1.54, 1.807) is 0 Å². The Morgan fingerprint density at radius 2 is 1.71 bits per heavy atom. The molecule has 1 aliphatic heterocycles. The van der Waals surface area contributed by atoms with Crippen LogP contribution in [0.2, 0.25) is 0 Å². The van der Waals surface area contributed by atoms with Gasteiger partial charge < -0.3 is 16.0 Å². The number of carbonyl (C=O) groups excluding carboxylic acids is 2. The van der Waals surface area contributed by atoms with Gasteiger partial charge >= 0.3 is 12.2 Å². The summed E-state index contributed by atoms with van der Waals surface area (Å²) in [7, 11) is 0. The van der Waals surface area contributed by atoms with Crippen LogP contribution < -0.4 is 16.0 Å². The standard InChI is InChI=1S/C19H15F4N3O2/c1-10-15(16(26-18(28)24-10)11-6-8-12(20)9-7-11)17(27)25-14-5-3-2-4-13(14)19(21,22)23/h2-9,16H,1H3,(H,25,27)(H2,24,26,28)/t16-/m1/s1. The molecule has 0 aliphatic carbocycles. The zero-order valence-electron chi connectivity index (χ0n) is 14.5. The van der Waals surface area contributed by atoms with E-state index in [1.165, 1.54) is 31.2 Å². The molecule has 0 fully saturated rings. The zero-order valence-corrected chi connectivity index (χ0v) is 14.5. The molecule has 9 heteroatoms. The van der Waals surface area contributed by atoms with E-state index in [0.29, 0.717) is 5.56 Å². The van der Waals surface area contributed by atoms with E-state index >= 15 is 0 Å². The minimum absolute atomic E-state index is 0.0168. The third-order valence-corrected chi connectivity index (χ3v) is 4.20. The first-order valence-electron chi connectivity index (χ1n) is 8.18. The van der Waals surface area contributed by atoms with E-state index in [4.69, 9.17) is 0 Å². The van der Waals surface area contributed by atoms with E-state index in [1.807, 2.05) is 0 Å². The molecule has 5 nitrogen and oxygen atoms in total. The van der Waals surface area contributed by atoms with Crippen LogP contribution in [0.4, 0.5) is 28.0 Å². The summed E-state index contributed by atoms with van der Waals surface area (Å²) in [5, 5.41) is 7.22. The number of para-hydroxylation sites is 1. The first-order valence-corrected chi connectivity index (χ1v) is 8.18. The second kappa shape index (κ2) is 7.34. The lowest BCUT2D eigenvalue weighted by Gasteiger charge is -2.29. The van der Waals surface area contributed by atoms with Crippen molar-refractivity contribution in [3.63, 3.8) is 0 Å². The Hall–Kier alpha value is -3.36. The lowest BCUT2D eigenvalue weighted by atomic mass is 9.94. The third kappa shape index (κ3) is 3.98. The van der Waals surface area contributed by atoms with Gasteiger partial charge in [-0.15, -0.1) is 0 Å². The van der Waals surface area contributed by atoms with Gasteiger partial charge in [-0.2, -0.15) is 13.2 Å². The molecule has 0 spiro atoms. The number of benzene rings is 2. The number of anilines is 1. The van der Waals surface area contributed by atoms with Gasteiger partial charge in [0.15, 0.2) is 0 Å². The highest BCUT2D eigenvalue weighted by molar-refractivity contribution is 6.07. The van der Waals surface area contributed by atoms with Crippen molar-refractivity contribution in [3.05, 3.63) is 76.7 Å². The molecule has 3 N–H and O–H groups in total. The summed E-state index contributed by atoms with van der Waals surface area (Å²) in [5.74, 6) is -1.33. The molecule has 0 bridgehead atoms. The summed E-state index contributed by atoms with van der Waals surface area (Å²) in [6, 6.07) is 8.13. The Morgan fingerprint density at radius 1 is 1.07 bits per heavy atom. The number of nitrogens with one attached hydrogen (secondary N) is 3. The maximum absolute atomic E-state index is 13.2. The van der Waals surface area contributed by atoms with Crippen LogP contribution in [-0.2, 0) is 11.0 Å². The Morgan fingerprint density at radius 3 is 2.36 bits per heavy atom. The number of hydrogen-bond acceptors (Lipinski definition) is 2. The topological polar surface area (TPSA) is 70.2 Å². The van der Waals surface area contributed by atoms with Gasteiger partial charge in [0.05, 0.1) is 22.9 Å².